The first kappa shape index (κ1) is 13.7. The van der Waals surface area contributed by atoms with Crippen LogP contribution in [0.2, 0.25) is 5.02 Å². The Kier molecular flexibility index (Phi) is 4.06. The van der Waals surface area contributed by atoms with Crippen LogP contribution in [0.5, 0.6) is 0 Å². The predicted molar refractivity (Wildman–Crippen MR) is 82.9 cm³/mol. The van der Waals surface area contributed by atoms with Crippen LogP contribution >= 0.6 is 27.5 Å². The minimum Gasteiger partial charge on any atom is -0.382 e. The van der Waals surface area contributed by atoms with Crippen molar-refractivity contribution in [2.45, 2.75) is 50.2 Å². The van der Waals surface area contributed by atoms with Crippen molar-refractivity contribution in [1.82, 2.24) is 0 Å². The molecule has 104 valence electrons. The number of nitrogens with one attached hydrogen (secondary N) is 1. The van der Waals surface area contributed by atoms with Gasteiger partial charge in [-0.25, -0.2) is 0 Å². The van der Waals surface area contributed by atoms with Crippen LogP contribution < -0.4 is 5.32 Å². The van der Waals surface area contributed by atoms with Gasteiger partial charge < -0.3 is 10.1 Å². The Bertz CT molecular complexity index is 459. The van der Waals surface area contributed by atoms with Crippen molar-refractivity contribution >= 4 is 33.2 Å². The van der Waals surface area contributed by atoms with Gasteiger partial charge in [-0.15, -0.1) is 0 Å². The highest BCUT2D eigenvalue weighted by atomic mass is 79.9. The lowest BCUT2D eigenvalue weighted by Crippen LogP contribution is -2.27. The van der Waals surface area contributed by atoms with Crippen LogP contribution in [0.15, 0.2) is 22.7 Å². The van der Waals surface area contributed by atoms with Crippen LogP contribution in [0.3, 0.4) is 0 Å². The smallest absolute Gasteiger partial charge is 0.0756 e. The minimum absolute atomic E-state index is 0.226. The maximum absolute atomic E-state index is 6.28. The third kappa shape index (κ3) is 3.09. The van der Waals surface area contributed by atoms with Crippen LogP contribution in [-0.2, 0) is 4.74 Å². The molecule has 0 amide bonds. The van der Waals surface area contributed by atoms with Crippen molar-refractivity contribution in [3.05, 3.63) is 27.7 Å². The Morgan fingerprint density at radius 3 is 2.84 bits per heavy atom. The first-order valence-electron chi connectivity index (χ1n) is 7.04. The number of hydrogen-bond donors (Lipinski definition) is 1. The van der Waals surface area contributed by atoms with Gasteiger partial charge in [0.25, 0.3) is 0 Å². The molecular weight excluding hydrogens is 326 g/mol. The summed E-state index contributed by atoms with van der Waals surface area (Å²) in [6, 6.07) is 5.96. The van der Waals surface area contributed by atoms with Gasteiger partial charge in [0.15, 0.2) is 0 Å². The third-order valence-electron chi connectivity index (χ3n) is 4.31. The molecule has 2 fully saturated rings. The zero-order chi connectivity index (χ0) is 13.3. The zero-order valence-electron chi connectivity index (χ0n) is 10.9. The molecule has 0 radical (unpaired) electrons. The second kappa shape index (κ2) is 5.63. The van der Waals surface area contributed by atoms with Gasteiger partial charge in [-0.05, 0) is 59.8 Å². The van der Waals surface area contributed by atoms with Crippen LogP contribution in [0, 0.1) is 0 Å². The van der Waals surface area contributed by atoms with E-state index in [1.165, 1.54) is 38.5 Å². The number of ether oxygens (including phenoxy) is 1. The van der Waals surface area contributed by atoms with Gasteiger partial charge in [-0.2, -0.15) is 0 Å². The Morgan fingerprint density at radius 2 is 2.11 bits per heavy atom. The average Bonchev–Trinajstić information content (AvgIpc) is 3.02. The lowest BCUT2D eigenvalue weighted by molar-refractivity contribution is -0.0307. The summed E-state index contributed by atoms with van der Waals surface area (Å²) in [6.07, 6.45) is 7.95. The van der Waals surface area contributed by atoms with E-state index in [0.717, 1.165) is 21.7 Å². The Hall–Kier alpha value is -0.250. The monoisotopic (exact) mass is 343 g/mol. The summed E-state index contributed by atoms with van der Waals surface area (Å²) in [6.45, 7) is 0.875. The number of rotatable bonds is 3. The van der Waals surface area contributed by atoms with Crippen LogP contribution in [0.4, 0.5) is 5.69 Å². The van der Waals surface area contributed by atoms with Gasteiger partial charge in [-0.1, -0.05) is 24.4 Å². The quantitative estimate of drug-likeness (QED) is 0.832. The van der Waals surface area contributed by atoms with Gasteiger partial charge >= 0.3 is 0 Å². The van der Waals surface area contributed by atoms with Gasteiger partial charge in [0, 0.05) is 16.7 Å². The fourth-order valence-corrected chi connectivity index (χ4v) is 3.69. The summed E-state index contributed by atoms with van der Waals surface area (Å²) in [5.74, 6) is 0. The van der Waals surface area contributed by atoms with Crippen molar-refractivity contribution in [3.63, 3.8) is 0 Å². The van der Waals surface area contributed by atoms with Gasteiger partial charge in [-0.3, -0.25) is 0 Å². The highest BCUT2D eigenvalue weighted by Gasteiger charge is 2.41. The number of anilines is 1. The van der Waals surface area contributed by atoms with Gasteiger partial charge in [0.1, 0.15) is 0 Å². The van der Waals surface area contributed by atoms with E-state index < -0.39 is 0 Å². The van der Waals surface area contributed by atoms with E-state index in [4.69, 9.17) is 16.3 Å². The molecule has 1 aromatic rings. The highest BCUT2D eigenvalue weighted by molar-refractivity contribution is 9.10. The summed E-state index contributed by atoms with van der Waals surface area (Å²) in [4.78, 5) is 0. The molecule has 19 heavy (non-hydrogen) atoms. The first-order valence-corrected chi connectivity index (χ1v) is 8.21. The van der Waals surface area contributed by atoms with Crippen LogP contribution in [0.1, 0.15) is 38.5 Å². The molecule has 0 aromatic heterocycles. The minimum atomic E-state index is 0.226. The van der Waals surface area contributed by atoms with Crippen molar-refractivity contribution in [1.29, 1.82) is 0 Å². The fraction of sp³-hybridized carbons (Fsp3) is 0.600. The molecule has 1 atom stereocenters. The first-order chi connectivity index (χ1) is 9.17. The summed E-state index contributed by atoms with van der Waals surface area (Å²) in [5.41, 5.74) is 1.29. The molecular formula is C15H19BrClNO. The molecule has 1 aromatic carbocycles. The molecule has 1 heterocycles. The van der Waals surface area contributed by atoms with Gasteiger partial charge in [0.05, 0.1) is 16.7 Å². The Morgan fingerprint density at radius 1 is 1.32 bits per heavy atom. The Balaban J connectivity index is 1.54. The van der Waals surface area contributed by atoms with E-state index in [0.29, 0.717) is 6.10 Å². The van der Waals surface area contributed by atoms with E-state index in [2.05, 4.69) is 21.2 Å². The van der Waals surface area contributed by atoms with Gasteiger partial charge in [0.2, 0.25) is 0 Å². The Labute approximate surface area is 128 Å². The molecule has 1 saturated carbocycles. The lowest BCUT2D eigenvalue weighted by Gasteiger charge is -2.24. The molecule has 1 spiro atoms. The van der Waals surface area contributed by atoms with E-state index in [1.807, 2.05) is 18.2 Å². The second-order valence-electron chi connectivity index (χ2n) is 5.68. The number of hydrogen-bond acceptors (Lipinski definition) is 2. The number of benzene rings is 1. The van der Waals surface area contributed by atoms with E-state index in [1.54, 1.807) is 0 Å². The SMILES string of the molecule is Clc1cc(NCC2CCC3(CCCC3)O2)ccc1Br. The highest BCUT2D eigenvalue weighted by Crippen LogP contribution is 2.43. The maximum Gasteiger partial charge on any atom is 0.0756 e. The third-order valence-corrected chi connectivity index (χ3v) is 5.54. The molecule has 0 bridgehead atoms. The van der Waals surface area contributed by atoms with Crippen molar-refractivity contribution in [3.8, 4) is 0 Å². The number of halogens is 2. The van der Waals surface area contributed by atoms with E-state index >= 15 is 0 Å². The summed E-state index contributed by atoms with van der Waals surface area (Å²) in [5, 5.41) is 4.17. The van der Waals surface area contributed by atoms with E-state index in [-0.39, 0.29) is 5.60 Å². The second-order valence-corrected chi connectivity index (χ2v) is 6.94. The molecule has 2 aliphatic rings. The van der Waals surface area contributed by atoms with Crippen molar-refractivity contribution in [2.24, 2.45) is 0 Å². The summed E-state index contributed by atoms with van der Waals surface area (Å²) in [7, 11) is 0. The van der Waals surface area contributed by atoms with Crippen LogP contribution in [-0.4, -0.2) is 18.2 Å². The maximum atomic E-state index is 6.28. The van der Waals surface area contributed by atoms with Crippen molar-refractivity contribution < 1.29 is 4.74 Å². The summed E-state index contributed by atoms with van der Waals surface area (Å²) >= 11 is 9.49. The normalized spacial score (nSPS) is 25.1. The van der Waals surface area contributed by atoms with Crippen molar-refractivity contribution in [2.75, 3.05) is 11.9 Å². The summed E-state index contributed by atoms with van der Waals surface area (Å²) < 4.78 is 7.21. The largest absolute Gasteiger partial charge is 0.382 e. The molecule has 1 aliphatic heterocycles. The molecule has 3 rings (SSSR count). The average molecular weight is 345 g/mol. The lowest BCUT2D eigenvalue weighted by atomic mass is 9.98. The standard InChI is InChI=1S/C15H19BrClNO/c16-13-4-3-11(9-14(13)17)18-10-12-5-8-15(19-12)6-1-2-7-15/h3-4,9,12,18H,1-2,5-8,10H2. The van der Waals surface area contributed by atoms with E-state index in [9.17, 15) is 0 Å². The predicted octanol–water partition coefficient (Wildman–Crippen LogP) is 5.01. The molecule has 1 saturated heterocycles. The van der Waals surface area contributed by atoms with Crippen LogP contribution in [0.25, 0.3) is 0 Å². The molecule has 1 aliphatic carbocycles. The topological polar surface area (TPSA) is 21.3 Å². The molecule has 1 N–H and O–H groups in total. The zero-order valence-corrected chi connectivity index (χ0v) is 13.3. The molecule has 1 unspecified atom stereocenters. The molecule has 4 heteroatoms. The molecule has 2 nitrogen and oxygen atoms in total. The fourth-order valence-electron chi connectivity index (χ4n) is 3.26.